The Morgan fingerprint density at radius 3 is 2.56 bits per heavy atom. The quantitative estimate of drug-likeness (QED) is 0.483. The summed E-state index contributed by atoms with van der Waals surface area (Å²) < 4.78 is 7.28. The highest BCUT2D eigenvalue weighted by Crippen LogP contribution is 2.36. The SMILES string of the molecule is CCCNc1cccc(COc2c(Br)cc(CC(=O)O)cc2Br)c1Cl. The molecular formula is C18H18Br2ClNO3. The highest BCUT2D eigenvalue weighted by Gasteiger charge is 2.13. The Morgan fingerprint density at radius 2 is 1.96 bits per heavy atom. The third-order valence-electron chi connectivity index (χ3n) is 3.43. The summed E-state index contributed by atoms with van der Waals surface area (Å²) in [5.74, 6) is -0.271. The van der Waals surface area contributed by atoms with Gasteiger partial charge in [0.15, 0.2) is 0 Å². The molecular weight excluding hydrogens is 473 g/mol. The number of anilines is 1. The van der Waals surface area contributed by atoms with Crippen molar-refractivity contribution < 1.29 is 14.6 Å². The van der Waals surface area contributed by atoms with E-state index in [9.17, 15) is 4.79 Å². The summed E-state index contributed by atoms with van der Waals surface area (Å²) in [5, 5.41) is 12.8. The standard InChI is InChI=1S/C18H18Br2ClNO3/c1-2-6-22-15-5-3-4-12(17(15)21)10-25-18-13(19)7-11(8-14(18)20)9-16(23)24/h3-5,7-8,22H,2,6,9-10H2,1H3,(H,23,24). The average Bonchev–Trinajstić information content (AvgIpc) is 2.53. The van der Waals surface area contributed by atoms with Crippen molar-refractivity contribution in [3.8, 4) is 5.75 Å². The fourth-order valence-electron chi connectivity index (χ4n) is 2.26. The van der Waals surface area contributed by atoms with Crippen LogP contribution in [0.25, 0.3) is 0 Å². The van der Waals surface area contributed by atoms with Crippen LogP contribution in [0.3, 0.4) is 0 Å². The van der Waals surface area contributed by atoms with Gasteiger partial charge in [-0.05, 0) is 62.0 Å². The highest BCUT2D eigenvalue weighted by molar-refractivity contribution is 9.11. The van der Waals surface area contributed by atoms with E-state index in [-0.39, 0.29) is 6.42 Å². The van der Waals surface area contributed by atoms with Crippen LogP contribution in [0.1, 0.15) is 24.5 Å². The highest BCUT2D eigenvalue weighted by atomic mass is 79.9. The zero-order chi connectivity index (χ0) is 18.4. The number of halogens is 3. The molecule has 0 heterocycles. The van der Waals surface area contributed by atoms with Crippen molar-refractivity contribution in [3.63, 3.8) is 0 Å². The smallest absolute Gasteiger partial charge is 0.307 e. The van der Waals surface area contributed by atoms with Crippen LogP contribution in [0, 0.1) is 0 Å². The maximum Gasteiger partial charge on any atom is 0.307 e. The number of ether oxygens (including phenoxy) is 1. The lowest BCUT2D eigenvalue weighted by molar-refractivity contribution is -0.136. The van der Waals surface area contributed by atoms with Gasteiger partial charge in [0.25, 0.3) is 0 Å². The lowest BCUT2D eigenvalue weighted by atomic mass is 10.1. The van der Waals surface area contributed by atoms with Crippen LogP contribution < -0.4 is 10.1 Å². The number of hydrogen-bond donors (Lipinski definition) is 2. The van der Waals surface area contributed by atoms with Crippen LogP contribution in [-0.2, 0) is 17.8 Å². The first-order chi connectivity index (χ1) is 11.9. The van der Waals surface area contributed by atoms with Gasteiger partial charge < -0.3 is 15.2 Å². The Hall–Kier alpha value is -1.24. The molecule has 0 spiro atoms. The molecule has 0 saturated heterocycles. The lowest BCUT2D eigenvalue weighted by Crippen LogP contribution is -2.04. The van der Waals surface area contributed by atoms with Gasteiger partial charge in [-0.25, -0.2) is 0 Å². The molecule has 0 bridgehead atoms. The fourth-order valence-corrected chi connectivity index (χ4v) is 4.02. The van der Waals surface area contributed by atoms with Crippen molar-refractivity contribution in [3.05, 3.63) is 55.4 Å². The number of rotatable bonds is 8. The topological polar surface area (TPSA) is 58.6 Å². The predicted octanol–water partition coefficient (Wildman–Crippen LogP) is 5.89. The minimum absolute atomic E-state index is 0.0472. The molecule has 0 atom stereocenters. The molecule has 2 aromatic carbocycles. The fraction of sp³-hybridized carbons (Fsp3) is 0.278. The molecule has 2 aromatic rings. The number of hydrogen-bond acceptors (Lipinski definition) is 3. The van der Waals surface area contributed by atoms with Crippen molar-refractivity contribution in [1.29, 1.82) is 0 Å². The molecule has 0 unspecified atom stereocenters. The van der Waals surface area contributed by atoms with Gasteiger partial charge in [0.1, 0.15) is 12.4 Å². The second kappa shape index (κ2) is 9.46. The molecule has 0 aliphatic heterocycles. The first kappa shape index (κ1) is 20.1. The van der Waals surface area contributed by atoms with Gasteiger partial charge in [-0.15, -0.1) is 0 Å². The molecule has 7 heteroatoms. The summed E-state index contributed by atoms with van der Waals surface area (Å²) in [5.41, 5.74) is 2.44. The van der Waals surface area contributed by atoms with Crippen molar-refractivity contribution in [2.24, 2.45) is 0 Å². The minimum Gasteiger partial charge on any atom is -0.486 e. The molecule has 0 aliphatic carbocycles. The Kier molecular flexibility index (Phi) is 7.59. The van der Waals surface area contributed by atoms with Crippen LogP contribution in [0.5, 0.6) is 5.75 Å². The number of aliphatic carboxylic acids is 1. The Morgan fingerprint density at radius 1 is 1.28 bits per heavy atom. The van der Waals surface area contributed by atoms with Crippen molar-refractivity contribution in [1.82, 2.24) is 0 Å². The molecule has 134 valence electrons. The summed E-state index contributed by atoms with van der Waals surface area (Å²) in [6, 6.07) is 9.28. The third-order valence-corrected chi connectivity index (χ3v) is 5.05. The molecule has 2 rings (SSSR count). The van der Waals surface area contributed by atoms with Gasteiger partial charge in [-0.1, -0.05) is 30.7 Å². The van der Waals surface area contributed by atoms with Crippen LogP contribution >= 0.6 is 43.5 Å². The lowest BCUT2D eigenvalue weighted by Gasteiger charge is -2.14. The first-order valence-corrected chi connectivity index (χ1v) is 9.72. The van der Waals surface area contributed by atoms with E-state index in [4.69, 9.17) is 21.4 Å². The molecule has 0 radical (unpaired) electrons. The number of benzene rings is 2. The zero-order valence-corrected chi connectivity index (χ0v) is 17.5. The van der Waals surface area contributed by atoms with Crippen LogP contribution in [0.4, 0.5) is 5.69 Å². The molecule has 25 heavy (non-hydrogen) atoms. The van der Waals surface area contributed by atoms with Gasteiger partial charge in [0, 0.05) is 12.1 Å². The molecule has 0 saturated carbocycles. The number of carbonyl (C=O) groups is 1. The summed E-state index contributed by atoms with van der Waals surface area (Å²) in [6.07, 6.45) is 0.966. The molecule has 4 nitrogen and oxygen atoms in total. The Bertz CT molecular complexity index is 745. The summed E-state index contributed by atoms with van der Waals surface area (Å²) >= 11 is 13.3. The van der Waals surface area contributed by atoms with Gasteiger partial charge in [0.05, 0.1) is 26.1 Å². The summed E-state index contributed by atoms with van der Waals surface area (Å²) in [7, 11) is 0. The average molecular weight is 492 g/mol. The van der Waals surface area contributed by atoms with Gasteiger partial charge in [-0.3, -0.25) is 4.79 Å². The largest absolute Gasteiger partial charge is 0.486 e. The number of carboxylic acids is 1. The molecule has 0 aromatic heterocycles. The van der Waals surface area contributed by atoms with E-state index in [0.29, 0.717) is 31.9 Å². The van der Waals surface area contributed by atoms with Crippen molar-refractivity contribution in [2.75, 3.05) is 11.9 Å². The predicted molar refractivity (Wildman–Crippen MR) is 108 cm³/mol. The van der Waals surface area contributed by atoms with E-state index in [0.717, 1.165) is 24.2 Å². The third kappa shape index (κ3) is 5.62. The summed E-state index contributed by atoms with van der Waals surface area (Å²) in [6.45, 7) is 3.25. The van der Waals surface area contributed by atoms with E-state index < -0.39 is 5.97 Å². The van der Waals surface area contributed by atoms with Gasteiger partial charge in [-0.2, -0.15) is 0 Å². The second-order valence-electron chi connectivity index (χ2n) is 5.45. The minimum atomic E-state index is -0.879. The molecule has 2 N–H and O–H groups in total. The number of nitrogens with one attached hydrogen (secondary N) is 1. The monoisotopic (exact) mass is 489 g/mol. The van der Waals surface area contributed by atoms with Crippen LogP contribution in [0.2, 0.25) is 5.02 Å². The number of carboxylic acid groups (broad SMARTS) is 1. The maximum absolute atomic E-state index is 10.8. The van der Waals surface area contributed by atoms with E-state index >= 15 is 0 Å². The Labute approximate surface area is 168 Å². The van der Waals surface area contributed by atoms with Gasteiger partial charge >= 0.3 is 5.97 Å². The second-order valence-corrected chi connectivity index (χ2v) is 7.54. The molecule has 0 amide bonds. The molecule has 0 aliphatic rings. The Balaban J connectivity index is 2.15. The van der Waals surface area contributed by atoms with Crippen molar-refractivity contribution >= 4 is 55.1 Å². The van der Waals surface area contributed by atoms with E-state index in [1.54, 1.807) is 12.1 Å². The normalized spacial score (nSPS) is 10.6. The first-order valence-electron chi connectivity index (χ1n) is 7.76. The van der Waals surface area contributed by atoms with E-state index in [1.807, 2.05) is 18.2 Å². The maximum atomic E-state index is 10.8. The van der Waals surface area contributed by atoms with Crippen molar-refractivity contribution in [2.45, 2.75) is 26.4 Å². The molecule has 0 fully saturated rings. The zero-order valence-electron chi connectivity index (χ0n) is 13.6. The van der Waals surface area contributed by atoms with Crippen LogP contribution in [-0.4, -0.2) is 17.6 Å². The summed E-state index contributed by atoms with van der Waals surface area (Å²) in [4.78, 5) is 10.8. The van der Waals surface area contributed by atoms with Crippen LogP contribution in [0.15, 0.2) is 39.3 Å². The van der Waals surface area contributed by atoms with E-state index in [2.05, 4.69) is 44.1 Å². The van der Waals surface area contributed by atoms with E-state index in [1.165, 1.54) is 0 Å². The van der Waals surface area contributed by atoms with Gasteiger partial charge in [0.2, 0.25) is 0 Å².